The summed E-state index contributed by atoms with van der Waals surface area (Å²) in [4.78, 5) is 29.1. The van der Waals surface area contributed by atoms with Crippen LogP contribution >= 0.6 is 11.3 Å². The van der Waals surface area contributed by atoms with Crippen molar-refractivity contribution in [2.75, 3.05) is 42.5 Å². The van der Waals surface area contributed by atoms with E-state index in [0.29, 0.717) is 6.54 Å². The molecule has 4 heterocycles. The van der Waals surface area contributed by atoms with Crippen molar-refractivity contribution in [1.82, 2.24) is 15.3 Å². The Morgan fingerprint density at radius 2 is 2.12 bits per heavy atom. The fraction of sp³-hybridized carbons (Fsp3) is 0.480. The molecule has 7 heteroatoms. The normalized spacial score (nSPS) is 18.6. The van der Waals surface area contributed by atoms with Crippen LogP contribution in [0.4, 0.5) is 11.5 Å². The minimum absolute atomic E-state index is 0.00619. The van der Waals surface area contributed by atoms with Crippen LogP contribution in [0.1, 0.15) is 36.6 Å². The van der Waals surface area contributed by atoms with E-state index in [1.807, 2.05) is 0 Å². The molecule has 168 valence electrons. The van der Waals surface area contributed by atoms with Crippen molar-refractivity contribution in [2.45, 2.75) is 39.0 Å². The fourth-order valence-electron chi connectivity index (χ4n) is 5.00. The zero-order chi connectivity index (χ0) is 21.9. The molecule has 2 aromatic heterocycles. The molecular formula is C25H31N5OS. The number of rotatable bonds is 6. The maximum atomic E-state index is 13.0. The highest BCUT2D eigenvalue weighted by atomic mass is 32.1. The molecular weight excluding hydrogens is 418 g/mol. The lowest BCUT2D eigenvalue weighted by Gasteiger charge is -2.34. The molecule has 0 spiro atoms. The lowest BCUT2D eigenvalue weighted by Crippen LogP contribution is -2.45. The van der Waals surface area contributed by atoms with Crippen molar-refractivity contribution in [3.05, 3.63) is 47.1 Å². The van der Waals surface area contributed by atoms with Gasteiger partial charge in [-0.05, 0) is 49.8 Å². The van der Waals surface area contributed by atoms with Gasteiger partial charge in [-0.1, -0.05) is 25.1 Å². The Balaban J connectivity index is 1.20. The summed E-state index contributed by atoms with van der Waals surface area (Å²) in [6.07, 6.45) is 6.94. The number of para-hydroxylation sites is 1. The number of hydrogen-bond donors (Lipinski definition) is 1. The minimum Gasteiger partial charge on any atom is -0.370 e. The van der Waals surface area contributed by atoms with Crippen LogP contribution in [0.2, 0.25) is 0 Å². The smallest absolute Gasteiger partial charge is 0.224 e. The van der Waals surface area contributed by atoms with Crippen molar-refractivity contribution in [1.29, 1.82) is 0 Å². The van der Waals surface area contributed by atoms with Gasteiger partial charge in [0.2, 0.25) is 5.91 Å². The van der Waals surface area contributed by atoms with Gasteiger partial charge in [0.05, 0.1) is 11.3 Å². The van der Waals surface area contributed by atoms with E-state index < -0.39 is 0 Å². The summed E-state index contributed by atoms with van der Waals surface area (Å²) < 4.78 is 0. The van der Waals surface area contributed by atoms with Crippen molar-refractivity contribution in [3.8, 4) is 0 Å². The molecule has 6 nitrogen and oxygen atoms in total. The number of benzene rings is 1. The second-order valence-electron chi connectivity index (χ2n) is 8.78. The zero-order valence-electron chi connectivity index (χ0n) is 18.7. The van der Waals surface area contributed by atoms with Crippen LogP contribution in [-0.2, 0) is 17.6 Å². The van der Waals surface area contributed by atoms with Gasteiger partial charge < -0.3 is 15.1 Å². The molecule has 1 saturated heterocycles. The molecule has 3 aromatic rings. The molecule has 1 amide bonds. The monoisotopic (exact) mass is 449 g/mol. The molecule has 1 N–H and O–H groups in total. The zero-order valence-corrected chi connectivity index (χ0v) is 19.5. The number of carbonyl (C=O) groups excluding carboxylic acids is 1. The molecule has 1 unspecified atom stereocenters. The van der Waals surface area contributed by atoms with E-state index in [1.165, 1.54) is 22.5 Å². The van der Waals surface area contributed by atoms with Crippen molar-refractivity contribution in [3.63, 3.8) is 0 Å². The predicted molar refractivity (Wildman–Crippen MR) is 132 cm³/mol. The number of hydrogen-bond acceptors (Lipinski definition) is 6. The Morgan fingerprint density at radius 3 is 3.03 bits per heavy atom. The maximum absolute atomic E-state index is 13.0. The molecule has 32 heavy (non-hydrogen) atoms. The Hall–Kier alpha value is -2.67. The third-order valence-electron chi connectivity index (χ3n) is 6.69. The summed E-state index contributed by atoms with van der Waals surface area (Å²) in [5.74, 6) is 1.16. The minimum atomic E-state index is 0.00619. The van der Waals surface area contributed by atoms with E-state index in [9.17, 15) is 4.79 Å². The van der Waals surface area contributed by atoms with Gasteiger partial charge in [-0.25, -0.2) is 9.97 Å². The first-order valence-corrected chi connectivity index (χ1v) is 12.6. The molecule has 1 atom stereocenters. The number of aromatic nitrogens is 2. The molecule has 1 fully saturated rings. The van der Waals surface area contributed by atoms with Gasteiger partial charge in [-0.3, -0.25) is 4.79 Å². The first-order chi connectivity index (χ1) is 15.7. The number of nitrogens with zero attached hydrogens (tertiary/aromatic N) is 4. The Morgan fingerprint density at radius 1 is 1.22 bits per heavy atom. The Kier molecular flexibility index (Phi) is 6.26. The number of thiophene rings is 1. The SMILES string of the molecule is CCc1cc2c(N3CCCC(C(=O)NCCN4CCCc5ccccc54)C3)ncnc2s1. The van der Waals surface area contributed by atoms with E-state index in [1.54, 1.807) is 17.7 Å². The third-order valence-corrected chi connectivity index (χ3v) is 7.87. The lowest BCUT2D eigenvalue weighted by molar-refractivity contribution is -0.125. The molecule has 0 bridgehead atoms. The van der Waals surface area contributed by atoms with Gasteiger partial charge in [0.15, 0.2) is 0 Å². The average Bonchev–Trinajstić information content (AvgIpc) is 3.28. The molecule has 0 radical (unpaired) electrons. The van der Waals surface area contributed by atoms with Gasteiger partial charge in [0.1, 0.15) is 17.0 Å². The van der Waals surface area contributed by atoms with Gasteiger partial charge in [0, 0.05) is 43.3 Å². The van der Waals surface area contributed by atoms with Crippen molar-refractivity contribution in [2.24, 2.45) is 5.92 Å². The van der Waals surface area contributed by atoms with E-state index >= 15 is 0 Å². The number of anilines is 2. The second kappa shape index (κ2) is 9.45. The molecule has 1 aromatic carbocycles. The highest BCUT2D eigenvalue weighted by Crippen LogP contribution is 2.32. The van der Waals surface area contributed by atoms with E-state index in [4.69, 9.17) is 0 Å². The first kappa shape index (κ1) is 21.2. The molecule has 0 aliphatic carbocycles. The van der Waals surface area contributed by atoms with Gasteiger partial charge in [-0.15, -0.1) is 11.3 Å². The standard InChI is InChI=1S/C25H31N5OS/c1-2-20-15-21-23(27-17-28-25(21)32-20)30-13-6-9-19(16-30)24(31)26-11-14-29-12-5-8-18-7-3-4-10-22(18)29/h3-4,7,10,15,17,19H,2,5-6,8-9,11-14,16H2,1H3,(H,26,31). The predicted octanol–water partition coefficient (Wildman–Crippen LogP) is 4.04. The Bertz CT molecular complexity index is 1100. The summed E-state index contributed by atoms with van der Waals surface area (Å²) >= 11 is 1.74. The summed E-state index contributed by atoms with van der Waals surface area (Å²) in [7, 11) is 0. The summed E-state index contributed by atoms with van der Waals surface area (Å²) in [5, 5.41) is 4.34. The molecule has 0 saturated carbocycles. The number of amides is 1. The van der Waals surface area contributed by atoms with Gasteiger partial charge in [-0.2, -0.15) is 0 Å². The summed E-state index contributed by atoms with van der Waals surface area (Å²) in [6, 6.07) is 10.9. The van der Waals surface area contributed by atoms with Crippen molar-refractivity contribution >= 4 is 39.0 Å². The van der Waals surface area contributed by atoms with E-state index in [-0.39, 0.29) is 11.8 Å². The van der Waals surface area contributed by atoms with Crippen LogP contribution in [0.5, 0.6) is 0 Å². The summed E-state index contributed by atoms with van der Waals surface area (Å²) in [5.41, 5.74) is 2.75. The number of carbonyl (C=O) groups is 1. The number of nitrogens with one attached hydrogen (secondary N) is 1. The Labute approximate surface area is 193 Å². The first-order valence-electron chi connectivity index (χ1n) is 11.8. The quantitative estimate of drug-likeness (QED) is 0.615. The van der Waals surface area contributed by atoms with Crippen molar-refractivity contribution < 1.29 is 4.79 Å². The van der Waals surface area contributed by atoms with Gasteiger partial charge >= 0.3 is 0 Å². The largest absolute Gasteiger partial charge is 0.370 e. The van der Waals surface area contributed by atoms with E-state index in [0.717, 1.165) is 67.9 Å². The molecule has 2 aliphatic rings. The molecule has 2 aliphatic heterocycles. The highest BCUT2D eigenvalue weighted by molar-refractivity contribution is 7.18. The van der Waals surface area contributed by atoms with Crippen LogP contribution in [0.15, 0.2) is 36.7 Å². The fourth-order valence-corrected chi connectivity index (χ4v) is 5.93. The van der Waals surface area contributed by atoms with Crippen LogP contribution in [0.3, 0.4) is 0 Å². The van der Waals surface area contributed by atoms with Crippen LogP contribution in [0.25, 0.3) is 10.2 Å². The highest BCUT2D eigenvalue weighted by Gasteiger charge is 2.28. The van der Waals surface area contributed by atoms with E-state index in [2.05, 4.69) is 62.3 Å². The van der Waals surface area contributed by atoms with Crippen LogP contribution in [0, 0.1) is 5.92 Å². The lowest BCUT2D eigenvalue weighted by atomic mass is 9.97. The topological polar surface area (TPSA) is 61.4 Å². The average molecular weight is 450 g/mol. The molecule has 5 rings (SSSR count). The van der Waals surface area contributed by atoms with Crippen LogP contribution < -0.4 is 15.1 Å². The number of aryl methyl sites for hydroxylation is 2. The maximum Gasteiger partial charge on any atom is 0.224 e. The number of piperidine rings is 1. The number of fused-ring (bicyclic) bond motifs is 2. The van der Waals surface area contributed by atoms with Gasteiger partial charge in [0.25, 0.3) is 0 Å². The third kappa shape index (κ3) is 4.31. The van der Waals surface area contributed by atoms with Crippen LogP contribution in [-0.4, -0.2) is 48.6 Å². The second-order valence-corrected chi connectivity index (χ2v) is 9.89. The summed E-state index contributed by atoms with van der Waals surface area (Å²) in [6.45, 7) is 6.45.